The van der Waals surface area contributed by atoms with Gasteiger partial charge >= 0.3 is 0 Å². The van der Waals surface area contributed by atoms with E-state index in [0.717, 1.165) is 0 Å². The number of nitrogens with two attached hydrogens (primary N) is 2. The molecule has 0 saturated heterocycles. The highest BCUT2D eigenvalue weighted by Crippen LogP contribution is 2.42. The second kappa shape index (κ2) is 9.40. The molecule has 0 heterocycles. The Hall–Kier alpha value is -2.32. The second-order valence-corrected chi connectivity index (χ2v) is 7.29. The molecule has 0 bridgehead atoms. The molecule has 0 fully saturated rings. The van der Waals surface area contributed by atoms with Crippen LogP contribution in [0, 0.1) is 0 Å². The first-order valence-electron chi connectivity index (χ1n) is 7.94. The summed E-state index contributed by atoms with van der Waals surface area (Å²) in [6.45, 7) is 4.77. The zero-order valence-corrected chi connectivity index (χ0v) is 16.1. The van der Waals surface area contributed by atoms with Crippen LogP contribution >= 0.6 is 21.6 Å². The maximum Gasteiger partial charge on any atom is 0.249 e. The Morgan fingerprint density at radius 1 is 0.808 bits per heavy atom. The van der Waals surface area contributed by atoms with Crippen LogP contribution in [-0.4, -0.2) is 25.0 Å². The van der Waals surface area contributed by atoms with Crippen molar-refractivity contribution in [1.29, 1.82) is 0 Å². The molecule has 2 amide bonds. The average Bonchev–Trinajstić information content (AvgIpc) is 2.60. The van der Waals surface area contributed by atoms with E-state index in [2.05, 4.69) is 0 Å². The highest BCUT2D eigenvalue weighted by atomic mass is 33.1. The van der Waals surface area contributed by atoms with Gasteiger partial charge in [-0.1, -0.05) is 21.6 Å². The Labute approximate surface area is 160 Å². The molecule has 0 aromatic heterocycles. The van der Waals surface area contributed by atoms with E-state index in [-0.39, 0.29) is 0 Å². The van der Waals surface area contributed by atoms with Gasteiger partial charge in [-0.25, -0.2) is 0 Å². The number of benzene rings is 2. The van der Waals surface area contributed by atoms with E-state index in [1.807, 2.05) is 13.8 Å². The first-order valence-corrected chi connectivity index (χ1v) is 10.1. The first-order chi connectivity index (χ1) is 12.5. The summed E-state index contributed by atoms with van der Waals surface area (Å²) in [5.41, 5.74) is 11.7. The Bertz CT molecular complexity index is 744. The normalized spacial score (nSPS) is 10.4. The van der Waals surface area contributed by atoms with Gasteiger partial charge in [0.25, 0.3) is 0 Å². The minimum atomic E-state index is -0.533. The van der Waals surface area contributed by atoms with Gasteiger partial charge in [-0.15, -0.1) is 0 Å². The molecule has 6 nitrogen and oxygen atoms in total. The molecular weight excluding hydrogens is 372 g/mol. The van der Waals surface area contributed by atoms with Crippen molar-refractivity contribution in [3.05, 3.63) is 47.5 Å². The zero-order chi connectivity index (χ0) is 19.1. The van der Waals surface area contributed by atoms with Gasteiger partial charge < -0.3 is 20.9 Å². The van der Waals surface area contributed by atoms with Crippen LogP contribution in [0.1, 0.15) is 34.6 Å². The molecule has 0 saturated carbocycles. The van der Waals surface area contributed by atoms with Crippen LogP contribution in [0.25, 0.3) is 0 Å². The van der Waals surface area contributed by atoms with E-state index < -0.39 is 11.8 Å². The van der Waals surface area contributed by atoms with Crippen molar-refractivity contribution < 1.29 is 19.1 Å². The van der Waals surface area contributed by atoms with Crippen molar-refractivity contribution >= 4 is 33.4 Å². The SMILES string of the molecule is CCOc1ccc(C(N)=O)c(SSc2cc(OCC)ccc2C(N)=O)c1. The van der Waals surface area contributed by atoms with E-state index in [1.165, 1.54) is 21.6 Å². The molecule has 2 aromatic carbocycles. The smallest absolute Gasteiger partial charge is 0.249 e. The van der Waals surface area contributed by atoms with Crippen molar-refractivity contribution in [3.63, 3.8) is 0 Å². The van der Waals surface area contributed by atoms with Crippen molar-refractivity contribution in [2.75, 3.05) is 13.2 Å². The van der Waals surface area contributed by atoms with Gasteiger partial charge in [-0.3, -0.25) is 9.59 Å². The van der Waals surface area contributed by atoms with Gasteiger partial charge in [-0.2, -0.15) is 0 Å². The van der Waals surface area contributed by atoms with Gasteiger partial charge in [-0.05, 0) is 50.2 Å². The van der Waals surface area contributed by atoms with Crippen LogP contribution in [0.15, 0.2) is 46.2 Å². The Morgan fingerprint density at radius 3 is 1.50 bits per heavy atom. The topological polar surface area (TPSA) is 105 Å². The molecule has 2 aromatic rings. The monoisotopic (exact) mass is 392 g/mol. The number of ether oxygens (including phenoxy) is 2. The van der Waals surface area contributed by atoms with Crippen molar-refractivity contribution in [1.82, 2.24) is 0 Å². The van der Waals surface area contributed by atoms with Crippen molar-refractivity contribution in [2.45, 2.75) is 23.6 Å². The van der Waals surface area contributed by atoms with Gasteiger partial charge in [0.15, 0.2) is 0 Å². The molecule has 138 valence electrons. The van der Waals surface area contributed by atoms with E-state index in [9.17, 15) is 9.59 Å². The summed E-state index contributed by atoms with van der Waals surface area (Å²) in [6, 6.07) is 10.1. The third-order valence-corrected chi connectivity index (χ3v) is 5.73. The van der Waals surface area contributed by atoms with E-state index in [0.29, 0.717) is 45.6 Å². The van der Waals surface area contributed by atoms with Crippen LogP contribution in [0.2, 0.25) is 0 Å². The lowest BCUT2D eigenvalue weighted by molar-refractivity contribution is 0.0989. The highest BCUT2D eigenvalue weighted by Gasteiger charge is 2.15. The summed E-state index contributed by atoms with van der Waals surface area (Å²) in [5, 5.41) is 0. The number of hydrogen-bond donors (Lipinski definition) is 2. The van der Waals surface area contributed by atoms with Crippen LogP contribution in [-0.2, 0) is 0 Å². The van der Waals surface area contributed by atoms with Crippen molar-refractivity contribution in [3.8, 4) is 11.5 Å². The number of rotatable bonds is 9. The minimum absolute atomic E-state index is 0.382. The molecule has 26 heavy (non-hydrogen) atoms. The van der Waals surface area contributed by atoms with Crippen LogP contribution < -0.4 is 20.9 Å². The molecule has 0 radical (unpaired) electrons. The number of carbonyl (C=O) groups is 2. The first kappa shape index (κ1) is 20.0. The molecule has 0 atom stereocenters. The molecule has 0 aliphatic heterocycles. The fraction of sp³-hybridized carbons (Fsp3) is 0.222. The number of hydrogen-bond acceptors (Lipinski definition) is 6. The van der Waals surface area contributed by atoms with E-state index in [1.54, 1.807) is 36.4 Å². The summed E-state index contributed by atoms with van der Waals surface area (Å²) < 4.78 is 11.0. The lowest BCUT2D eigenvalue weighted by Gasteiger charge is -2.12. The maximum atomic E-state index is 11.7. The molecule has 0 unspecified atom stereocenters. The summed E-state index contributed by atoms with van der Waals surface area (Å²) in [7, 11) is 2.60. The third kappa shape index (κ3) is 5.09. The quantitative estimate of drug-likeness (QED) is 0.633. The molecule has 2 rings (SSSR count). The van der Waals surface area contributed by atoms with Crippen LogP contribution in [0.5, 0.6) is 11.5 Å². The lowest BCUT2D eigenvalue weighted by atomic mass is 10.2. The molecule has 8 heteroatoms. The molecule has 0 aliphatic carbocycles. The predicted molar refractivity (Wildman–Crippen MR) is 104 cm³/mol. The third-order valence-electron chi connectivity index (χ3n) is 3.28. The number of amides is 2. The average molecular weight is 393 g/mol. The Morgan fingerprint density at radius 2 is 1.19 bits per heavy atom. The number of primary amides is 2. The van der Waals surface area contributed by atoms with E-state index in [4.69, 9.17) is 20.9 Å². The fourth-order valence-corrected chi connectivity index (χ4v) is 4.54. The maximum absolute atomic E-state index is 11.7. The highest BCUT2D eigenvalue weighted by molar-refractivity contribution is 8.76. The molecule has 4 N–H and O–H groups in total. The summed E-state index contributed by atoms with van der Waals surface area (Å²) >= 11 is 0. The van der Waals surface area contributed by atoms with E-state index >= 15 is 0 Å². The van der Waals surface area contributed by atoms with Gasteiger partial charge in [0, 0.05) is 9.79 Å². The molecular formula is C18H20N2O4S2. The Kier molecular flexibility index (Phi) is 7.23. The molecule has 0 spiro atoms. The summed E-state index contributed by atoms with van der Waals surface area (Å²) in [6.07, 6.45) is 0. The fourth-order valence-electron chi connectivity index (χ4n) is 2.15. The van der Waals surface area contributed by atoms with Gasteiger partial charge in [0.2, 0.25) is 11.8 Å². The minimum Gasteiger partial charge on any atom is -0.494 e. The van der Waals surface area contributed by atoms with Crippen LogP contribution in [0.3, 0.4) is 0 Å². The summed E-state index contributed by atoms with van der Waals surface area (Å²) in [4.78, 5) is 24.7. The largest absolute Gasteiger partial charge is 0.494 e. The lowest BCUT2D eigenvalue weighted by Crippen LogP contribution is -2.12. The second-order valence-electron chi connectivity index (χ2n) is 5.08. The van der Waals surface area contributed by atoms with Crippen LogP contribution in [0.4, 0.5) is 0 Å². The zero-order valence-electron chi connectivity index (χ0n) is 14.5. The van der Waals surface area contributed by atoms with Crippen molar-refractivity contribution in [2.24, 2.45) is 11.5 Å². The Balaban J connectivity index is 2.32. The standard InChI is InChI=1S/C18H20N2O4S2/c1-3-23-11-5-7-13(17(19)21)15(9-11)25-26-16-10-12(24-4-2)6-8-14(16)18(20)22/h5-10H,3-4H2,1-2H3,(H2,19,21)(H2,20,22). The number of carbonyl (C=O) groups excluding carboxylic acids is 2. The van der Waals surface area contributed by atoms with Gasteiger partial charge in [0.05, 0.1) is 24.3 Å². The molecule has 0 aliphatic rings. The van der Waals surface area contributed by atoms with Gasteiger partial charge in [0.1, 0.15) is 11.5 Å². The predicted octanol–water partition coefficient (Wildman–Crippen LogP) is 3.48. The summed E-state index contributed by atoms with van der Waals surface area (Å²) in [5.74, 6) is 0.210.